The summed E-state index contributed by atoms with van der Waals surface area (Å²) in [5, 5.41) is 3.07. The van der Waals surface area contributed by atoms with Gasteiger partial charge < -0.3 is 15.0 Å². The highest BCUT2D eigenvalue weighted by Crippen LogP contribution is 2.24. The molecule has 1 fully saturated rings. The van der Waals surface area contributed by atoms with Gasteiger partial charge in [-0.3, -0.25) is 14.5 Å². The molecule has 33 heavy (non-hydrogen) atoms. The lowest BCUT2D eigenvalue weighted by Crippen LogP contribution is -2.59. The van der Waals surface area contributed by atoms with Gasteiger partial charge in [0.2, 0.25) is 11.8 Å². The van der Waals surface area contributed by atoms with Crippen LogP contribution in [0.25, 0.3) is 0 Å². The average molecular weight is 466 g/mol. The van der Waals surface area contributed by atoms with Gasteiger partial charge in [0.05, 0.1) is 18.7 Å². The molecule has 1 rings (SSSR count). The van der Waals surface area contributed by atoms with Gasteiger partial charge in [0.1, 0.15) is 6.04 Å². The van der Waals surface area contributed by atoms with Crippen molar-refractivity contribution < 1.29 is 19.1 Å². The maximum Gasteiger partial charge on any atom is 0.333 e. The van der Waals surface area contributed by atoms with Crippen molar-refractivity contribution in [2.75, 3.05) is 20.2 Å². The molecule has 7 nitrogen and oxygen atoms in total. The van der Waals surface area contributed by atoms with E-state index in [1.165, 1.54) is 0 Å². The van der Waals surface area contributed by atoms with Gasteiger partial charge in [-0.05, 0) is 58.3 Å². The molecular weight excluding hydrogens is 418 g/mol. The maximum absolute atomic E-state index is 13.5. The van der Waals surface area contributed by atoms with E-state index < -0.39 is 6.04 Å². The Morgan fingerprint density at radius 3 is 2.18 bits per heavy atom. The number of rotatable bonds is 10. The molecule has 1 unspecified atom stereocenters. The first-order valence-electron chi connectivity index (χ1n) is 12.5. The lowest BCUT2D eigenvalue weighted by atomic mass is 9.91. The molecule has 2 amide bonds. The van der Waals surface area contributed by atoms with E-state index in [1.807, 2.05) is 27.7 Å². The van der Waals surface area contributed by atoms with Gasteiger partial charge in [0, 0.05) is 25.2 Å². The molecule has 0 radical (unpaired) electrons. The number of ether oxygens (including phenoxy) is 1. The predicted octanol–water partition coefficient (Wildman–Crippen LogP) is 3.63. The molecule has 1 heterocycles. The topological polar surface area (TPSA) is 79.0 Å². The smallest absolute Gasteiger partial charge is 0.333 e. The van der Waals surface area contributed by atoms with Crippen molar-refractivity contribution in [2.45, 2.75) is 99.3 Å². The van der Waals surface area contributed by atoms with Crippen LogP contribution < -0.4 is 5.32 Å². The van der Waals surface area contributed by atoms with Crippen LogP contribution in [0.4, 0.5) is 0 Å². The monoisotopic (exact) mass is 465 g/mol. The SMILES string of the molecule is CCOC(=O)C(C)=C[C@H](C(C)C)N(C)C(=O)[C@@H](NC(=O)C1CC[C@H](C)CN1C(C)C)C(C)C. The second kappa shape index (κ2) is 13.1. The number of likely N-dealkylation sites (tertiary alicyclic amines) is 1. The molecular formula is C26H47N3O4. The van der Waals surface area contributed by atoms with E-state index in [0.717, 1.165) is 19.4 Å². The first-order chi connectivity index (χ1) is 15.3. The van der Waals surface area contributed by atoms with E-state index in [2.05, 4.69) is 31.0 Å². The molecule has 0 spiro atoms. The molecule has 190 valence electrons. The Labute approximate surface area is 201 Å². The third kappa shape index (κ3) is 8.13. The number of likely N-dealkylation sites (N-methyl/N-ethyl adjacent to an activating group) is 1. The fourth-order valence-electron chi connectivity index (χ4n) is 4.49. The minimum absolute atomic E-state index is 0.0677. The maximum atomic E-state index is 13.5. The van der Waals surface area contributed by atoms with Crippen molar-refractivity contribution in [3.8, 4) is 0 Å². The standard InChI is InChI=1S/C26H47N3O4/c1-11-33-26(32)20(9)14-22(16(2)3)28(10)25(31)23(17(4)5)27-24(30)21-13-12-19(8)15-29(21)18(6)7/h14,16-19,21-23H,11-13,15H2,1-10H3,(H,27,30)/t19-,21?,22+,23-/m0/s1. The molecule has 0 aromatic carbocycles. The molecule has 1 saturated heterocycles. The second-order valence-corrected chi connectivity index (χ2v) is 10.5. The number of carbonyl (C=O) groups is 3. The van der Waals surface area contributed by atoms with Crippen LogP contribution in [-0.4, -0.2) is 72.0 Å². The Hall–Kier alpha value is -1.89. The van der Waals surface area contributed by atoms with Crippen LogP contribution in [0.5, 0.6) is 0 Å². The Bertz CT molecular complexity index is 702. The third-order valence-corrected chi connectivity index (χ3v) is 6.55. The normalized spacial score (nSPS) is 21.8. The van der Waals surface area contributed by atoms with Crippen molar-refractivity contribution in [3.63, 3.8) is 0 Å². The molecule has 1 aliphatic heterocycles. The molecule has 0 saturated carbocycles. The number of esters is 1. The molecule has 4 atom stereocenters. The summed E-state index contributed by atoms with van der Waals surface area (Å²) >= 11 is 0. The van der Waals surface area contributed by atoms with Gasteiger partial charge in [-0.2, -0.15) is 0 Å². The first kappa shape index (κ1) is 29.1. The largest absolute Gasteiger partial charge is 0.463 e. The van der Waals surface area contributed by atoms with Crippen LogP contribution in [0.3, 0.4) is 0 Å². The van der Waals surface area contributed by atoms with Gasteiger partial charge in [-0.15, -0.1) is 0 Å². The van der Waals surface area contributed by atoms with Gasteiger partial charge >= 0.3 is 5.97 Å². The zero-order valence-electron chi connectivity index (χ0n) is 22.5. The van der Waals surface area contributed by atoms with Crippen molar-refractivity contribution in [2.24, 2.45) is 17.8 Å². The summed E-state index contributed by atoms with van der Waals surface area (Å²) in [6.45, 7) is 19.0. The first-order valence-corrected chi connectivity index (χ1v) is 12.5. The van der Waals surface area contributed by atoms with Crippen LogP contribution >= 0.6 is 0 Å². The molecule has 0 bridgehead atoms. The van der Waals surface area contributed by atoms with E-state index in [9.17, 15) is 14.4 Å². The van der Waals surface area contributed by atoms with E-state index in [0.29, 0.717) is 18.1 Å². The van der Waals surface area contributed by atoms with Crippen molar-refractivity contribution in [1.82, 2.24) is 15.1 Å². The zero-order chi connectivity index (χ0) is 25.5. The lowest BCUT2D eigenvalue weighted by molar-refractivity contribution is -0.140. The number of hydrogen-bond acceptors (Lipinski definition) is 5. The average Bonchev–Trinajstić information content (AvgIpc) is 2.73. The molecule has 1 aliphatic rings. The van der Waals surface area contributed by atoms with E-state index in [1.54, 1.807) is 31.9 Å². The van der Waals surface area contributed by atoms with E-state index in [-0.39, 0.29) is 47.7 Å². The third-order valence-electron chi connectivity index (χ3n) is 6.55. The summed E-state index contributed by atoms with van der Waals surface area (Å²) in [7, 11) is 1.74. The van der Waals surface area contributed by atoms with E-state index >= 15 is 0 Å². The quantitative estimate of drug-likeness (QED) is 0.394. The Morgan fingerprint density at radius 2 is 1.70 bits per heavy atom. The highest BCUT2D eigenvalue weighted by atomic mass is 16.5. The van der Waals surface area contributed by atoms with Crippen molar-refractivity contribution in [3.05, 3.63) is 11.6 Å². The van der Waals surface area contributed by atoms with Crippen LogP contribution in [-0.2, 0) is 19.1 Å². The minimum atomic E-state index is -0.631. The van der Waals surface area contributed by atoms with Gasteiger partial charge in [-0.25, -0.2) is 4.79 Å². The fourth-order valence-corrected chi connectivity index (χ4v) is 4.49. The fraction of sp³-hybridized carbons (Fsp3) is 0.808. The highest BCUT2D eigenvalue weighted by molar-refractivity contribution is 5.91. The van der Waals surface area contributed by atoms with Crippen molar-refractivity contribution >= 4 is 17.8 Å². The zero-order valence-corrected chi connectivity index (χ0v) is 22.5. The summed E-state index contributed by atoms with van der Waals surface area (Å²) in [4.78, 5) is 42.9. The van der Waals surface area contributed by atoms with Crippen LogP contribution in [0.15, 0.2) is 11.6 Å². The summed E-state index contributed by atoms with van der Waals surface area (Å²) in [6.07, 6.45) is 3.60. The molecule has 0 aliphatic carbocycles. The second-order valence-electron chi connectivity index (χ2n) is 10.5. The number of amides is 2. The van der Waals surface area contributed by atoms with E-state index in [4.69, 9.17) is 4.74 Å². The number of piperidine rings is 1. The van der Waals surface area contributed by atoms with Crippen LogP contribution in [0, 0.1) is 17.8 Å². The number of nitrogens with one attached hydrogen (secondary N) is 1. The lowest BCUT2D eigenvalue weighted by Gasteiger charge is -2.41. The minimum Gasteiger partial charge on any atom is -0.463 e. The van der Waals surface area contributed by atoms with Crippen LogP contribution in [0.1, 0.15) is 75.2 Å². The van der Waals surface area contributed by atoms with Crippen LogP contribution in [0.2, 0.25) is 0 Å². The molecule has 1 N–H and O–H groups in total. The summed E-state index contributed by atoms with van der Waals surface area (Å²) < 4.78 is 5.09. The summed E-state index contributed by atoms with van der Waals surface area (Å²) in [5.74, 6) is -0.0186. The molecule has 7 heteroatoms. The number of nitrogens with zero attached hydrogens (tertiary/aromatic N) is 2. The summed E-state index contributed by atoms with van der Waals surface area (Å²) in [6, 6.07) is -0.871. The van der Waals surface area contributed by atoms with Gasteiger partial charge in [-0.1, -0.05) is 40.7 Å². The molecule has 0 aromatic heterocycles. The Kier molecular flexibility index (Phi) is 11.6. The van der Waals surface area contributed by atoms with Gasteiger partial charge in [0.15, 0.2) is 0 Å². The highest BCUT2D eigenvalue weighted by Gasteiger charge is 2.37. The Balaban J connectivity index is 3.07. The van der Waals surface area contributed by atoms with Gasteiger partial charge in [0.25, 0.3) is 0 Å². The Morgan fingerprint density at radius 1 is 1.09 bits per heavy atom. The molecule has 0 aromatic rings. The number of carbonyl (C=O) groups excluding carboxylic acids is 3. The number of hydrogen-bond donors (Lipinski definition) is 1. The predicted molar refractivity (Wildman–Crippen MR) is 133 cm³/mol. The van der Waals surface area contributed by atoms with Crippen molar-refractivity contribution in [1.29, 1.82) is 0 Å². The summed E-state index contributed by atoms with van der Waals surface area (Å²) in [5.41, 5.74) is 0.476.